The lowest BCUT2D eigenvalue weighted by Gasteiger charge is -2.16. The molecule has 1 amide bonds. The average molecular weight is 387 g/mol. The Hall–Kier alpha value is -4.47. The summed E-state index contributed by atoms with van der Waals surface area (Å²) < 4.78 is 1.51. The fourth-order valence-corrected chi connectivity index (χ4v) is 2.67. The van der Waals surface area contributed by atoms with Crippen LogP contribution in [0.1, 0.15) is 10.4 Å². The Kier molecular flexibility index (Phi) is 4.72. The summed E-state index contributed by atoms with van der Waals surface area (Å²) in [6.45, 7) is 0. The first-order valence-electron chi connectivity index (χ1n) is 8.39. The number of anilines is 2. The third-order valence-electron chi connectivity index (χ3n) is 4.05. The Morgan fingerprint density at radius 1 is 1.07 bits per heavy atom. The lowest BCUT2D eigenvalue weighted by Crippen LogP contribution is -2.15. The Morgan fingerprint density at radius 2 is 1.97 bits per heavy atom. The van der Waals surface area contributed by atoms with Crippen LogP contribution in [0.4, 0.5) is 11.5 Å². The number of benzene rings is 1. The van der Waals surface area contributed by atoms with Gasteiger partial charge in [0.15, 0.2) is 0 Å². The SMILES string of the molecule is O=CN(c1cccc(-n2cc(-c3cc(C(=O)O)ccn3)nn2)c1)c1ccncn1. The fraction of sp³-hybridized carbons (Fsp3) is 0. The summed E-state index contributed by atoms with van der Waals surface area (Å²) in [4.78, 5) is 36.2. The van der Waals surface area contributed by atoms with Crippen molar-refractivity contribution in [2.75, 3.05) is 4.90 Å². The number of pyridine rings is 1. The molecule has 0 bridgehead atoms. The third kappa shape index (κ3) is 3.67. The van der Waals surface area contributed by atoms with E-state index in [-0.39, 0.29) is 5.56 Å². The molecule has 3 heterocycles. The second-order valence-electron chi connectivity index (χ2n) is 5.85. The standard InChI is InChI=1S/C19H13N7O3/c27-12-25(18-5-6-20-11-22-18)14-2-1-3-15(9-14)26-10-17(23-24-26)16-8-13(19(28)29)4-7-21-16/h1-12H,(H,28,29). The number of hydrogen-bond donors (Lipinski definition) is 1. The number of nitrogens with zero attached hydrogens (tertiary/aromatic N) is 7. The first-order chi connectivity index (χ1) is 14.2. The van der Waals surface area contributed by atoms with E-state index in [0.29, 0.717) is 35.0 Å². The van der Waals surface area contributed by atoms with Crippen LogP contribution >= 0.6 is 0 Å². The van der Waals surface area contributed by atoms with Gasteiger partial charge in [-0.2, -0.15) is 0 Å². The molecule has 10 nitrogen and oxygen atoms in total. The molecular formula is C19H13N7O3. The van der Waals surface area contributed by atoms with Gasteiger partial charge in [-0.1, -0.05) is 11.3 Å². The van der Waals surface area contributed by atoms with E-state index in [0.717, 1.165) is 0 Å². The maximum atomic E-state index is 11.6. The second kappa shape index (κ2) is 7.64. The molecule has 29 heavy (non-hydrogen) atoms. The quantitative estimate of drug-likeness (QED) is 0.498. The zero-order chi connectivity index (χ0) is 20.2. The zero-order valence-corrected chi connectivity index (χ0v) is 14.8. The van der Waals surface area contributed by atoms with Crippen molar-refractivity contribution >= 4 is 23.9 Å². The molecular weight excluding hydrogens is 374 g/mol. The lowest BCUT2D eigenvalue weighted by atomic mass is 10.2. The maximum Gasteiger partial charge on any atom is 0.335 e. The van der Waals surface area contributed by atoms with E-state index in [2.05, 4.69) is 25.3 Å². The number of hydrogen-bond acceptors (Lipinski definition) is 7. The molecule has 0 fully saturated rings. The van der Waals surface area contributed by atoms with Gasteiger partial charge in [0.25, 0.3) is 0 Å². The molecule has 0 aliphatic carbocycles. The van der Waals surface area contributed by atoms with Gasteiger partial charge in [-0.05, 0) is 36.4 Å². The molecule has 0 saturated carbocycles. The molecule has 1 aromatic carbocycles. The first-order valence-corrected chi connectivity index (χ1v) is 8.39. The molecule has 0 saturated heterocycles. The van der Waals surface area contributed by atoms with Crippen LogP contribution < -0.4 is 4.90 Å². The average Bonchev–Trinajstić information content (AvgIpc) is 3.26. The Balaban J connectivity index is 1.67. The minimum absolute atomic E-state index is 0.109. The van der Waals surface area contributed by atoms with Crippen LogP contribution in [0.15, 0.2) is 67.4 Å². The summed E-state index contributed by atoms with van der Waals surface area (Å²) in [6.07, 6.45) is 6.60. The minimum Gasteiger partial charge on any atom is -0.478 e. The highest BCUT2D eigenvalue weighted by molar-refractivity contribution is 5.88. The summed E-state index contributed by atoms with van der Waals surface area (Å²) in [5.74, 6) is -0.617. The highest BCUT2D eigenvalue weighted by Crippen LogP contribution is 2.24. The van der Waals surface area contributed by atoms with Gasteiger partial charge in [0.1, 0.15) is 17.8 Å². The Bertz CT molecular complexity index is 1180. The maximum absolute atomic E-state index is 11.6. The zero-order valence-electron chi connectivity index (χ0n) is 14.8. The van der Waals surface area contributed by atoms with Gasteiger partial charge in [-0.3, -0.25) is 14.7 Å². The van der Waals surface area contributed by atoms with Crippen LogP contribution in [0, 0.1) is 0 Å². The number of aromatic carboxylic acids is 1. The van der Waals surface area contributed by atoms with E-state index in [1.165, 1.54) is 34.2 Å². The van der Waals surface area contributed by atoms with Crippen molar-refractivity contribution in [2.24, 2.45) is 0 Å². The second-order valence-corrected chi connectivity index (χ2v) is 5.85. The van der Waals surface area contributed by atoms with Crippen molar-refractivity contribution in [2.45, 2.75) is 0 Å². The summed E-state index contributed by atoms with van der Waals surface area (Å²) in [5.41, 5.74) is 2.15. The van der Waals surface area contributed by atoms with Gasteiger partial charge < -0.3 is 5.11 Å². The van der Waals surface area contributed by atoms with Crippen LogP contribution in [0.2, 0.25) is 0 Å². The molecule has 4 rings (SSSR count). The molecule has 0 radical (unpaired) electrons. The largest absolute Gasteiger partial charge is 0.478 e. The van der Waals surface area contributed by atoms with E-state index < -0.39 is 5.97 Å². The number of carbonyl (C=O) groups excluding carboxylic acids is 1. The van der Waals surface area contributed by atoms with Gasteiger partial charge >= 0.3 is 5.97 Å². The molecule has 4 aromatic rings. The topological polar surface area (TPSA) is 127 Å². The normalized spacial score (nSPS) is 10.5. The van der Waals surface area contributed by atoms with E-state index in [1.54, 1.807) is 42.7 Å². The van der Waals surface area contributed by atoms with Gasteiger partial charge in [-0.15, -0.1) is 5.10 Å². The summed E-state index contributed by atoms with van der Waals surface area (Å²) in [6, 6.07) is 11.5. The molecule has 0 unspecified atom stereocenters. The minimum atomic E-state index is -1.05. The number of carboxylic acid groups (broad SMARTS) is 1. The van der Waals surface area contributed by atoms with E-state index in [9.17, 15) is 9.59 Å². The molecule has 0 aliphatic rings. The van der Waals surface area contributed by atoms with E-state index >= 15 is 0 Å². The summed E-state index contributed by atoms with van der Waals surface area (Å²) in [5, 5.41) is 17.3. The molecule has 1 N–H and O–H groups in total. The first kappa shape index (κ1) is 17.9. The predicted molar refractivity (Wildman–Crippen MR) is 102 cm³/mol. The molecule has 0 spiro atoms. The lowest BCUT2D eigenvalue weighted by molar-refractivity contribution is -0.106. The van der Waals surface area contributed by atoms with Crippen LogP contribution in [-0.2, 0) is 4.79 Å². The van der Waals surface area contributed by atoms with Gasteiger partial charge in [-0.25, -0.2) is 19.4 Å². The van der Waals surface area contributed by atoms with Crippen molar-refractivity contribution in [1.82, 2.24) is 29.9 Å². The fourth-order valence-electron chi connectivity index (χ4n) is 2.67. The number of rotatable bonds is 6. The Labute approximate surface area is 164 Å². The highest BCUT2D eigenvalue weighted by Gasteiger charge is 2.13. The van der Waals surface area contributed by atoms with Crippen LogP contribution in [0.5, 0.6) is 0 Å². The number of amides is 1. The van der Waals surface area contributed by atoms with Crippen molar-refractivity contribution in [3.63, 3.8) is 0 Å². The van der Waals surface area contributed by atoms with E-state index in [4.69, 9.17) is 5.11 Å². The molecule has 142 valence electrons. The third-order valence-corrected chi connectivity index (χ3v) is 4.05. The number of carboxylic acids is 1. The summed E-state index contributed by atoms with van der Waals surface area (Å²) in [7, 11) is 0. The Morgan fingerprint density at radius 3 is 2.72 bits per heavy atom. The van der Waals surface area contributed by atoms with Gasteiger partial charge in [0.2, 0.25) is 6.41 Å². The molecule has 0 aliphatic heterocycles. The molecule has 10 heteroatoms. The van der Waals surface area contributed by atoms with Crippen LogP contribution in [-0.4, -0.2) is 47.4 Å². The highest BCUT2D eigenvalue weighted by atomic mass is 16.4. The van der Waals surface area contributed by atoms with Crippen molar-refractivity contribution in [3.8, 4) is 17.1 Å². The smallest absolute Gasteiger partial charge is 0.335 e. The number of carbonyl (C=O) groups is 2. The number of aromatic nitrogens is 6. The molecule has 3 aromatic heterocycles. The van der Waals surface area contributed by atoms with Crippen molar-refractivity contribution in [1.29, 1.82) is 0 Å². The van der Waals surface area contributed by atoms with Crippen molar-refractivity contribution in [3.05, 3.63) is 72.9 Å². The monoisotopic (exact) mass is 387 g/mol. The van der Waals surface area contributed by atoms with Crippen molar-refractivity contribution < 1.29 is 14.7 Å². The molecule has 0 atom stereocenters. The van der Waals surface area contributed by atoms with Gasteiger partial charge in [0.05, 0.1) is 28.8 Å². The van der Waals surface area contributed by atoms with Crippen LogP contribution in [0.25, 0.3) is 17.1 Å². The van der Waals surface area contributed by atoms with Gasteiger partial charge in [0, 0.05) is 12.4 Å². The van der Waals surface area contributed by atoms with E-state index in [1.807, 2.05) is 0 Å². The predicted octanol–water partition coefficient (Wildman–Crippen LogP) is 2.11. The van der Waals surface area contributed by atoms with Crippen LogP contribution in [0.3, 0.4) is 0 Å². The summed E-state index contributed by atoms with van der Waals surface area (Å²) >= 11 is 0.